The predicted octanol–water partition coefficient (Wildman–Crippen LogP) is -2.59. The Bertz CT molecular complexity index is 3370. The molecule has 2 aromatic carbocycles. The first-order valence-corrected chi connectivity index (χ1v) is 33.1. The number of rotatable bonds is 46. The van der Waals surface area contributed by atoms with Crippen molar-refractivity contribution in [1.82, 2.24) is 58.1 Å². The van der Waals surface area contributed by atoms with Crippen LogP contribution in [0.15, 0.2) is 54.6 Å². The van der Waals surface area contributed by atoms with Crippen LogP contribution >= 0.6 is 0 Å². The molecular formula is C66H92N12O25. The van der Waals surface area contributed by atoms with Gasteiger partial charge in [-0.25, -0.2) is 4.79 Å². The second kappa shape index (κ2) is 42.7. The number of aromatic hydroxyl groups is 1. The molecule has 103 heavy (non-hydrogen) atoms. The van der Waals surface area contributed by atoms with Gasteiger partial charge in [0.15, 0.2) is 0 Å². The number of phenolic OH excluding ortho intramolecular Hbond substituents is 1. The van der Waals surface area contributed by atoms with E-state index in [-0.39, 0.29) is 50.3 Å². The monoisotopic (exact) mass is 1450 g/mol. The molecule has 12 atom stereocenters. The molecule has 0 spiro atoms. The fourth-order valence-electron chi connectivity index (χ4n) is 10.8. The van der Waals surface area contributed by atoms with Crippen molar-refractivity contribution >= 4 is 107 Å². The second-order valence-corrected chi connectivity index (χ2v) is 25.2. The van der Waals surface area contributed by atoms with Crippen molar-refractivity contribution in [2.75, 3.05) is 6.54 Å². The van der Waals surface area contributed by atoms with Crippen molar-refractivity contribution < 1.29 is 122 Å². The molecule has 0 unspecified atom stereocenters. The number of aliphatic carboxylic acids is 6. The summed E-state index contributed by atoms with van der Waals surface area (Å²) < 4.78 is 0. The minimum atomic E-state index is -1.89. The smallest absolute Gasteiger partial charge is 0.326 e. The summed E-state index contributed by atoms with van der Waals surface area (Å²) in [5, 5.41) is 91.8. The van der Waals surface area contributed by atoms with E-state index in [1.165, 1.54) is 31.2 Å². The third-order valence-electron chi connectivity index (χ3n) is 16.4. The fourth-order valence-corrected chi connectivity index (χ4v) is 10.8. The minimum Gasteiger partial charge on any atom is -0.508 e. The van der Waals surface area contributed by atoms with Crippen LogP contribution in [0, 0.1) is 11.8 Å². The van der Waals surface area contributed by atoms with E-state index in [9.17, 15) is 122 Å². The Kier molecular flexibility index (Phi) is 35.6. The molecule has 12 amide bonds. The summed E-state index contributed by atoms with van der Waals surface area (Å²) in [5.74, 6) is -23.2. The fraction of sp³-hybridized carbons (Fsp3) is 0.545. The maximum atomic E-state index is 14.8. The zero-order chi connectivity index (χ0) is 77.4. The lowest BCUT2D eigenvalue weighted by Gasteiger charge is -2.33. The first kappa shape index (κ1) is 85.9. The molecule has 0 aliphatic carbocycles. The van der Waals surface area contributed by atoms with E-state index in [0.29, 0.717) is 11.1 Å². The van der Waals surface area contributed by atoms with Gasteiger partial charge in [0.05, 0.1) is 6.42 Å². The lowest BCUT2D eigenvalue weighted by Crippen LogP contribution is -2.61. The van der Waals surface area contributed by atoms with Gasteiger partial charge in [-0.1, -0.05) is 76.6 Å². The van der Waals surface area contributed by atoms with Crippen molar-refractivity contribution in [1.29, 1.82) is 0 Å². The van der Waals surface area contributed by atoms with Gasteiger partial charge in [-0.15, -0.1) is 0 Å². The predicted molar refractivity (Wildman–Crippen MR) is 356 cm³/mol. The number of carboxylic acids is 6. The van der Waals surface area contributed by atoms with Gasteiger partial charge in [0, 0.05) is 58.4 Å². The molecule has 1 fully saturated rings. The lowest BCUT2D eigenvalue weighted by atomic mass is 9.96. The Morgan fingerprint density at radius 2 is 0.835 bits per heavy atom. The average molecular weight is 1450 g/mol. The zero-order valence-electron chi connectivity index (χ0n) is 57.4. The summed E-state index contributed by atoms with van der Waals surface area (Å²) in [6.45, 7) is 7.31. The van der Waals surface area contributed by atoms with Gasteiger partial charge < -0.3 is 99.5 Å². The topological polar surface area (TPSA) is 598 Å². The molecule has 3 rings (SSSR count). The summed E-state index contributed by atoms with van der Waals surface area (Å²) in [7, 11) is 0. The second-order valence-electron chi connectivity index (χ2n) is 25.2. The average Bonchev–Trinajstić information content (AvgIpc) is 1.74. The number of carbonyl (C=O) groups excluding carboxylic acids is 12. The normalized spacial score (nSPS) is 15.7. The minimum absolute atomic E-state index is 0.107. The molecule has 1 saturated heterocycles. The zero-order valence-corrected chi connectivity index (χ0v) is 57.4. The molecule has 0 bridgehead atoms. The van der Waals surface area contributed by atoms with Crippen LogP contribution in [-0.4, -0.2) is 220 Å². The molecule has 566 valence electrons. The molecule has 37 heteroatoms. The van der Waals surface area contributed by atoms with E-state index in [1.807, 2.05) is 0 Å². The molecular weight excluding hydrogens is 1360 g/mol. The molecule has 1 heterocycles. The highest BCUT2D eigenvalue weighted by molar-refractivity contribution is 6.00. The number of nitrogens with two attached hydrogens (primary N) is 1. The van der Waals surface area contributed by atoms with Crippen molar-refractivity contribution in [2.45, 2.75) is 210 Å². The van der Waals surface area contributed by atoms with Gasteiger partial charge in [-0.2, -0.15) is 0 Å². The largest absolute Gasteiger partial charge is 0.508 e. The number of nitrogens with zero attached hydrogens (tertiary/aromatic N) is 1. The van der Waals surface area contributed by atoms with Crippen LogP contribution < -0.4 is 58.9 Å². The number of hydrogen-bond acceptors (Lipinski definition) is 19. The number of primary amides is 1. The van der Waals surface area contributed by atoms with E-state index in [1.54, 1.807) is 51.1 Å². The number of amides is 12. The standard InChI is InChI=1S/C66H92N12O25/c1-6-34(4)55(77-59(95)42(22-27-53(88)89)70-56(92)39(19-24-50(82)83)71-61(97)45(30-36-11-8-7-9-12-36)76-63(99)47(32-54(90)91)68-35(5)79)65(101)78-28-10-13-48(78)64(100)72-41(21-26-52(86)87)57(93)69-40(20-25-51(84)85)58(94)75-46(31-37-14-16-38(80)17-15-37)62(98)74-44(29-33(2)3)60(96)73-43(66(102)103)18-23-49(67)81/h7-9,11-12,14-17,33-34,39-48,55,80H,6,10,13,18-32H2,1-5H3,(H2,67,81)(H,68,79)(H,69,93)(H,70,92)(H,71,97)(H,72,100)(H,73,96)(H,74,98)(H,75,94)(H,76,99)(H,77,95)(H,82,83)(H,84,85)(H,86,87)(H,88,89)(H,90,91)(H,102,103)/t34-,39+,40+,41+,42+,43+,44+,45+,46+,47+,48+,55+/m1/s1. The van der Waals surface area contributed by atoms with Crippen molar-refractivity contribution in [3.63, 3.8) is 0 Å². The van der Waals surface area contributed by atoms with E-state index in [0.717, 1.165) is 11.8 Å². The Hall–Kier alpha value is -11.3. The summed E-state index contributed by atoms with van der Waals surface area (Å²) in [5.41, 5.74) is 5.91. The van der Waals surface area contributed by atoms with Crippen LogP contribution in [0.3, 0.4) is 0 Å². The number of benzene rings is 2. The number of carbonyl (C=O) groups is 18. The SMILES string of the molecule is CC[C@@H](C)[C@H](NC(=O)[C@H](CCC(=O)O)NC(=O)[C@H](CCC(=O)O)NC(=O)[C@H](Cc1ccccc1)NC(=O)[C@H](CC(=O)O)NC(C)=O)C(=O)N1CCC[C@H]1C(=O)N[C@@H](CCC(=O)O)C(=O)N[C@@H](CCC(=O)O)C(=O)N[C@@H](Cc1ccc(O)cc1)C(=O)N[C@@H](CC(C)C)C(=O)N[C@@H](CCC(N)=O)C(=O)O. The van der Waals surface area contributed by atoms with Gasteiger partial charge in [0.1, 0.15) is 72.2 Å². The van der Waals surface area contributed by atoms with Crippen LogP contribution in [-0.2, 0) is 99.1 Å². The van der Waals surface area contributed by atoms with Crippen LogP contribution in [0.4, 0.5) is 0 Å². The van der Waals surface area contributed by atoms with Gasteiger partial charge >= 0.3 is 35.8 Å². The van der Waals surface area contributed by atoms with E-state index in [2.05, 4.69) is 53.2 Å². The number of carboxylic acid groups (broad SMARTS) is 6. The van der Waals surface area contributed by atoms with Gasteiger partial charge in [0.25, 0.3) is 0 Å². The van der Waals surface area contributed by atoms with E-state index in [4.69, 9.17) is 5.73 Å². The molecule has 1 aliphatic heterocycles. The molecule has 0 saturated carbocycles. The van der Waals surface area contributed by atoms with Gasteiger partial charge in [-0.05, 0) is 86.5 Å². The third kappa shape index (κ3) is 31.0. The summed E-state index contributed by atoms with van der Waals surface area (Å²) in [6.07, 6.45) is -8.40. The van der Waals surface area contributed by atoms with Crippen LogP contribution in [0.2, 0.25) is 0 Å². The Labute approximate surface area is 590 Å². The summed E-state index contributed by atoms with van der Waals surface area (Å²) in [6, 6.07) is -5.51. The molecule has 19 N–H and O–H groups in total. The van der Waals surface area contributed by atoms with Crippen LogP contribution in [0.1, 0.15) is 142 Å². The summed E-state index contributed by atoms with van der Waals surface area (Å²) >= 11 is 0. The number of hydrogen-bond donors (Lipinski definition) is 18. The van der Waals surface area contributed by atoms with Gasteiger partial charge in [-0.3, -0.25) is 81.5 Å². The Balaban J connectivity index is 1.99. The molecule has 37 nitrogen and oxygen atoms in total. The highest BCUT2D eigenvalue weighted by Gasteiger charge is 2.43. The van der Waals surface area contributed by atoms with Crippen molar-refractivity contribution in [2.24, 2.45) is 17.6 Å². The maximum Gasteiger partial charge on any atom is 0.326 e. The van der Waals surface area contributed by atoms with Gasteiger partial charge in [0.2, 0.25) is 70.9 Å². The number of likely N-dealkylation sites (tertiary alicyclic amines) is 1. The van der Waals surface area contributed by atoms with E-state index >= 15 is 0 Å². The van der Waals surface area contributed by atoms with Crippen molar-refractivity contribution in [3.05, 3.63) is 65.7 Å². The Morgan fingerprint density at radius 1 is 0.456 bits per heavy atom. The Morgan fingerprint density at radius 3 is 1.24 bits per heavy atom. The first-order chi connectivity index (χ1) is 48.4. The number of nitrogens with one attached hydrogen (secondary N) is 10. The quantitative estimate of drug-likeness (QED) is 0.0323. The molecule has 0 aromatic heterocycles. The molecule has 2 aromatic rings. The van der Waals surface area contributed by atoms with Crippen LogP contribution in [0.25, 0.3) is 0 Å². The third-order valence-corrected chi connectivity index (χ3v) is 16.4. The highest BCUT2D eigenvalue weighted by Crippen LogP contribution is 2.23. The molecule has 1 aliphatic rings. The van der Waals surface area contributed by atoms with E-state index < -0.39 is 256 Å². The van der Waals surface area contributed by atoms with Crippen LogP contribution in [0.5, 0.6) is 5.75 Å². The summed E-state index contributed by atoms with van der Waals surface area (Å²) in [4.78, 5) is 238. The first-order valence-electron chi connectivity index (χ1n) is 33.1. The van der Waals surface area contributed by atoms with Crippen molar-refractivity contribution in [3.8, 4) is 5.75 Å². The highest BCUT2D eigenvalue weighted by atomic mass is 16.4. The maximum absolute atomic E-state index is 14.8. The lowest BCUT2D eigenvalue weighted by molar-refractivity contribution is -0.144. The molecule has 0 radical (unpaired) electrons. The number of phenols is 1.